The molecule has 3 rings (SSSR count). The molecule has 0 aliphatic carbocycles. The molecule has 84 valence electrons. The number of aromatic amines is 1. The molecule has 0 saturated carbocycles. The van der Waals surface area contributed by atoms with Gasteiger partial charge in [0.25, 0.3) is 0 Å². The molecule has 1 heteroatoms. The average molecular weight is 221 g/mol. The van der Waals surface area contributed by atoms with Crippen LogP contribution in [0.2, 0.25) is 0 Å². The molecule has 1 N–H and O–H groups in total. The minimum atomic E-state index is 1.22. The van der Waals surface area contributed by atoms with Crippen LogP contribution in [-0.2, 0) is 0 Å². The lowest BCUT2D eigenvalue weighted by Gasteiger charge is -2.02. The predicted molar refractivity (Wildman–Crippen MR) is 73.2 cm³/mol. The van der Waals surface area contributed by atoms with E-state index in [0.29, 0.717) is 0 Å². The number of benzene rings is 2. The van der Waals surface area contributed by atoms with Crippen LogP contribution in [0.3, 0.4) is 0 Å². The summed E-state index contributed by atoms with van der Waals surface area (Å²) in [5.41, 5.74) is 6.37. The monoisotopic (exact) mass is 221 g/mol. The molecule has 0 saturated heterocycles. The van der Waals surface area contributed by atoms with E-state index >= 15 is 0 Å². The molecular formula is C16H15N. The largest absolute Gasteiger partial charge is 0.358 e. The van der Waals surface area contributed by atoms with E-state index in [1.165, 1.54) is 33.3 Å². The normalized spacial score (nSPS) is 10.9. The highest BCUT2D eigenvalue weighted by molar-refractivity contribution is 5.88. The lowest BCUT2D eigenvalue weighted by atomic mass is 10.0. The summed E-state index contributed by atoms with van der Waals surface area (Å²) in [7, 11) is 0. The van der Waals surface area contributed by atoms with Crippen molar-refractivity contribution >= 4 is 10.9 Å². The first-order valence-electron chi connectivity index (χ1n) is 5.90. The maximum atomic E-state index is 3.41. The summed E-state index contributed by atoms with van der Waals surface area (Å²) in [4.78, 5) is 3.41. The van der Waals surface area contributed by atoms with Crippen LogP contribution < -0.4 is 0 Å². The van der Waals surface area contributed by atoms with Gasteiger partial charge in [0.05, 0.1) is 0 Å². The van der Waals surface area contributed by atoms with Crippen molar-refractivity contribution in [2.24, 2.45) is 0 Å². The minimum absolute atomic E-state index is 1.22. The maximum Gasteiger partial charge on any atom is 0.0459 e. The third-order valence-corrected chi connectivity index (χ3v) is 3.42. The highest BCUT2D eigenvalue weighted by atomic mass is 14.7. The van der Waals surface area contributed by atoms with Crippen molar-refractivity contribution in [1.82, 2.24) is 4.98 Å². The summed E-state index contributed by atoms with van der Waals surface area (Å²) in [5, 5.41) is 1.32. The molecule has 0 atom stereocenters. The molecule has 1 nitrogen and oxygen atoms in total. The Morgan fingerprint density at radius 1 is 0.824 bits per heavy atom. The zero-order chi connectivity index (χ0) is 11.8. The Labute approximate surface area is 101 Å². The molecule has 2 aromatic carbocycles. The Bertz CT molecular complexity index is 663. The van der Waals surface area contributed by atoms with Crippen LogP contribution in [-0.4, -0.2) is 4.98 Å². The fourth-order valence-corrected chi connectivity index (χ4v) is 2.27. The van der Waals surface area contributed by atoms with Gasteiger partial charge in [-0.15, -0.1) is 0 Å². The van der Waals surface area contributed by atoms with E-state index in [1.807, 2.05) is 6.07 Å². The summed E-state index contributed by atoms with van der Waals surface area (Å²) in [5.74, 6) is 0. The van der Waals surface area contributed by atoms with Gasteiger partial charge in [-0.1, -0.05) is 36.4 Å². The summed E-state index contributed by atoms with van der Waals surface area (Å²) in [6.07, 6.45) is 0. The molecule has 0 spiro atoms. The third kappa shape index (κ3) is 1.64. The second kappa shape index (κ2) is 3.77. The predicted octanol–water partition coefficient (Wildman–Crippen LogP) is 4.45. The van der Waals surface area contributed by atoms with E-state index < -0.39 is 0 Å². The molecule has 0 radical (unpaired) electrons. The first kappa shape index (κ1) is 10.2. The van der Waals surface area contributed by atoms with Gasteiger partial charge in [-0.25, -0.2) is 0 Å². The number of H-pyrrole nitrogens is 1. The summed E-state index contributed by atoms with van der Waals surface area (Å²) in [6, 6.07) is 17.1. The zero-order valence-corrected chi connectivity index (χ0v) is 10.1. The molecule has 3 aromatic rings. The van der Waals surface area contributed by atoms with Gasteiger partial charge in [0.1, 0.15) is 0 Å². The molecule has 0 amide bonds. The number of aromatic nitrogens is 1. The van der Waals surface area contributed by atoms with Crippen LogP contribution in [0.5, 0.6) is 0 Å². The van der Waals surface area contributed by atoms with E-state index in [2.05, 4.69) is 61.3 Å². The fourth-order valence-electron chi connectivity index (χ4n) is 2.27. The van der Waals surface area contributed by atoms with Crippen LogP contribution in [0.4, 0.5) is 0 Å². The number of fused-ring (bicyclic) bond motifs is 1. The van der Waals surface area contributed by atoms with E-state index in [4.69, 9.17) is 0 Å². The van der Waals surface area contributed by atoms with Gasteiger partial charge in [-0.2, -0.15) is 0 Å². The number of hydrogen-bond acceptors (Lipinski definition) is 0. The molecule has 0 unspecified atom stereocenters. The summed E-state index contributed by atoms with van der Waals surface area (Å²) >= 11 is 0. The van der Waals surface area contributed by atoms with E-state index in [0.717, 1.165) is 0 Å². The van der Waals surface area contributed by atoms with Crippen molar-refractivity contribution in [2.75, 3.05) is 0 Å². The van der Waals surface area contributed by atoms with E-state index in [-0.39, 0.29) is 0 Å². The lowest BCUT2D eigenvalue weighted by Crippen LogP contribution is -1.77. The number of nitrogens with one attached hydrogen (secondary N) is 1. The molecule has 1 heterocycles. The number of aryl methyl sites for hydroxylation is 2. The Hall–Kier alpha value is -2.02. The van der Waals surface area contributed by atoms with Crippen molar-refractivity contribution in [2.45, 2.75) is 13.8 Å². The van der Waals surface area contributed by atoms with Crippen LogP contribution in [0.25, 0.3) is 22.0 Å². The van der Waals surface area contributed by atoms with Crippen LogP contribution in [0.1, 0.15) is 11.3 Å². The first-order chi connectivity index (χ1) is 8.25. The highest BCUT2D eigenvalue weighted by Gasteiger charge is 2.05. The smallest absolute Gasteiger partial charge is 0.0459 e. The van der Waals surface area contributed by atoms with E-state index in [1.54, 1.807) is 0 Å². The van der Waals surface area contributed by atoms with Crippen LogP contribution in [0.15, 0.2) is 48.5 Å². The molecule has 0 aliphatic heterocycles. The molecule has 1 aromatic heterocycles. The number of hydrogen-bond donors (Lipinski definition) is 1. The maximum absolute atomic E-state index is 3.41. The van der Waals surface area contributed by atoms with Crippen molar-refractivity contribution in [3.8, 4) is 11.1 Å². The standard InChI is InChI=1S/C16H15N/c1-11-12(2)17-16-9-8-14(10-15(11)16)13-6-4-3-5-7-13/h3-10,17H,1-2H3. The van der Waals surface area contributed by atoms with Crippen molar-refractivity contribution in [3.63, 3.8) is 0 Å². The van der Waals surface area contributed by atoms with Gasteiger partial charge in [0.2, 0.25) is 0 Å². The van der Waals surface area contributed by atoms with Crippen LogP contribution in [0, 0.1) is 13.8 Å². The van der Waals surface area contributed by atoms with Crippen LogP contribution >= 0.6 is 0 Å². The average Bonchev–Trinajstić information content (AvgIpc) is 2.66. The van der Waals surface area contributed by atoms with Gasteiger partial charge in [-0.05, 0) is 42.7 Å². The lowest BCUT2D eigenvalue weighted by molar-refractivity contribution is 1.25. The second-order valence-corrected chi connectivity index (χ2v) is 4.50. The first-order valence-corrected chi connectivity index (χ1v) is 5.90. The second-order valence-electron chi connectivity index (χ2n) is 4.50. The quantitative estimate of drug-likeness (QED) is 0.624. The Balaban J connectivity index is 2.23. The van der Waals surface area contributed by atoms with E-state index in [9.17, 15) is 0 Å². The van der Waals surface area contributed by atoms with Gasteiger partial charge < -0.3 is 4.98 Å². The molecular weight excluding hydrogens is 206 g/mol. The molecule has 0 aliphatic rings. The van der Waals surface area contributed by atoms with Crippen molar-refractivity contribution < 1.29 is 0 Å². The highest BCUT2D eigenvalue weighted by Crippen LogP contribution is 2.27. The van der Waals surface area contributed by atoms with Gasteiger partial charge in [0.15, 0.2) is 0 Å². The Morgan fingerprint density at radius 3 is 2.35 bits per heavy atom. The molecule has 0 bridgehead atoms. The Kier molecular flexibility index (Phi) is 2.25. The zero-order valence-electron chi connectivity index (χ0n) is 10.1. The summed E-state index contributed by atoms with van der Waals surface area (Å²) in [6.45, 7) is 4.29. The molecule has 17 heavy (non-hydrogen) atoms. The topological polar surface area (TPSA) is 15.8 Å². The minimum Gasteiger partial charge on any atom is -0.358 e. The van der Waals surface area contributed by atoms with Gasteiger partial charge in [0, 0.05) is 16.6 Å². The molecule has 0 fully saturated rings. The van der Waals surface area contributed by atoms with Crippen molar-refractivity contribution in [1.29, 1.82) is 0 Å². The third-order valence-electron chi connectivity index (χ3n) is 3.42. The fraction of sp³-hybridized carbons (Fsp3) is 0.125. The SMILES string of the molecule is Cc1[nH]c2ccc(-c3ccccc3)cc2c1C. The van der Waals surface area contributed by atoms with Gasteiger partial charge in [-0.3, -0.25) is 0 Å². The summed E-state index contributed by atoms with van der Waals surface area (Å²) < 4.78 is 0. The van der Waals surface area contributed by atoms with Crippen molar-refractivity contribution in [3.05, 3.63) is 59.8 Å². The number of rotatable bonds is 1. The van der Waals surface area contributed by atoms with Gasteiger partial charge >= 0.3 is 0 Å². The Morgan fingerprint density at radius 2 is 1.59 bits per heavy atom.